The largest absolute Gasteiger partial charge is 0.314 e. The molecule has 1 fully saturated rings. The molecule has 1 aromatic rings. The molecule has 1 aromatic heterocycles. The lowest BCUT2D eigenvalue weighted by Crippen LogP contribution is -2.43. The highest BCUT2D eigenvalue weighted by Gasteiger charge is 2.15. The van der Waals surface area contributed by atoms with Gasteiger partial charge in [-0.3, -0.25) is 4.90 Å². The van der Waals surface area contributed by atoms with Gasteiger partial charge in [0.15, 0.2) is 0 Å². The summed E-state index contributed by atoms with van der Waals surface area (Å²) < 4.78 is 0. The molecule has 0 radical (unpaired) electrons. The van der Waals surface area contributed by atoms with Crippen molar-refractivity contribution in [1.29, 1.82) is 0 Å². The first-order valence-electron chi connectivity index (χ1n) is 6.68. The van der Waals surface area contributed by atoms with Crippen molar-refractivity contribution in [3.8, 4) is 0 Å². The summed E-state index contributed by atoms with van der Waals surface area (Å²) in [6, 6.07) is 0. The van der Waals surface area contributed by atoms with Crippen molar-refractivity contribution in [2.75, 3.05) is 26.2 Å². The monoisotopic (exact) mass is 232 g/mol. The normalized spacial score (nSPS) is 21.2. The van der Waals surface area contributed by atoms with Crippen LogP contribution in [-0.2, 0) is 19.4 Å². The molecular formula is C13H20N4. The molecule has 1 aliphatic carbocycles. The maximum Gasteiger partial charge on any atom is 0.142 e. The van der Waals surface area contributed by atoms with Gasteiger partial charge in [-0.15, -0.1) is 0 Å². The molecular weight excluding hydrogens is 212 g/mol. The average Bonchev–Trinajstić information content (AvgIpc) is 2.40. The lowest BCUT2D eigenvalue weighted by Gasteiger charge is -2.26. The molecule has 17 heavy (non-hydrogen) atoms. The third kappa shape index (κ3) is 2.64. The predicted molar refractivity (Wildman–Crippen MR) is 66.8 cm³/mol. The minimum Gasteiger partial charge on any atom is -0.314 e. The number of fused-ring (bicyclic) bond motifs is 1. The molecule has 4 nitrogen and oxygen atoms in total. The summed E-state index contributed by atoms with van der Waals surface area (Å²) in [6.07, 6.45) is 6.96. The van der Waals surface area contributed by atoms with E-state index >= 15 is 0 Å². The number of rotatable bonds is 2. The molecule has 2 aliphatic rings. The molecule has 0 amide bonds. The Morgan fingerprint density at radius 2 is 2.00 bits per heavy atom. The standard InChI is InChI=1S/C13H20N4/c1-2-4-12-11(3-1)9-15-13(16-12)10-17-7-5-14-6-8-17/h9,14H,1-8,10H2. The van der Waals surface area contributed by atoms with Gasteiger partial charge in [0.2, 0.25) is 0 Å². The van der Waals surface area contributed by atoms with Gasteiger partial charge in [-0.1, -0.05) is 0 Å². The molecule has 0 atom stereocenters. The second-order valence-electron chi connectivity index (χ2n) is 4.99. The highest BCUT2D eigenvalue weighted by molar-refractivity contribution is 5.20. The smallest absolute Gasteiger partial charge is 0.142 e. The Bertz CT molecular complexity index is 385. The number of piperazine rings is 1. The van der Waals surface area contributed by atoms with Crippen LogP contribution in [0.1, 0.15) is 29.9 Å². The van der Waals surface area contributed by atoms with E-state index in [1.54, 1.807) is 0 Å². The maximum absolute atomic E-state index is 4.73. The molecule has 0 bridgehead atoms. The van der Waals surface area contributed by atoms with Gasteiger partial charge < -0.3 is 5.32 Å². The van der Waals surface area contributed by atoms with Gasteiger partial charge in [-0.25, -0.2) is 9.97 Å². The van der Waals surface area contributed by atoms with Crippen LogP contribution in [0.25, 0.3) is 0 Å². The second-order valence-corrected chi connectivity index (χ2v) is 4.99. The van der Waals surface area contributed by atoms with Crippen molar-refractivity contribution in [2.24, 2.45) is 0 Å². The molecule has 0 spiro atoms. The van der Waals surface area contributed by atoms with E-state index in [9.17, 15) is 0 Å². The highest BCUT2D eigenvalue weighted by Crippen LogP contribution is 2.18. The molecule has 4 heteroatoms. The van der Waals surface area contributed by atoms with Gasteiger partial charge in [0.05, 0.1) is 6.54 Å². The van der Waals surface area contributed by atoms with E-state index in [1.165, 1.54) is 30.5 Å². The zero-order valence-electron chi connectivity index (χ0n) is 10.3. The van der Waals surface area contributed by atoms with Crippen molar-refractivity contribution in [1.82, 2.24) is 20.2 Å². The molecule has 1 N–H and O–H groups in total. The number of aromatic nitrogens is 2. The Hall–Kier alpha value is -1.00. The quantitative estimate of drug-likeness (QED) is 0.817. The summed E-state index contributed by atoms with van der Waals surface area (Å²) in [5, 5.41) is 3.37. The molecule has 0 aromatic carbocycles. The number of nitrogens with zero attached hydrogens (tertiary/aromatic N) is 3. The van der Waals surface area contributed by atoms with Crippen LogP contribution in [-0.4, -0.2) is 41.0 Å². The van der Waals surface area contributed by atoms with Gasteiger partial charge in [-0.2, -0.15) is 0 Å². The highest BCUT2D eigenvalue weighted by atomic mass is 15.2. The third-order valence-corrected chi connectivity index (χ3v) is 3.69. The summed E-state index contributed by atoms with van der Waals surface area (Å²) in [5.74, 6) is 1.01. The van der Waals surface area contributed by atoms with Gasteiger partial charge in [0.1, 0.15) is 5.82 Å². The Morgan fingerprint density at radius 3 is 2.88 bits per heavy atom. The molecule has 3 rings (SSSR count). The summed E-state index contributed by atoms with van der Waals surface area (Å²) in [5.41, 5.74) is 2.68. The van der Waals surface area contributed by atoms with Crippen LogP contribution in [0.5, 0.6) is 0 Å². The Kier molecular flexibility index (Phi) is 3.34. The minimum absolute atomic E-state index is 0.912. The predicted octanol–water partition coefficient (Wildman–Crippen LogP) is 0.761. The Labute approximate surface area is 102 Å². The number of aryl methyl sites for hydroxylation is 2. The van der Waals surface area contributed by atoms with E-state index in [1.807, 2.05) is 0 Å². The molecule has 2 heterocycles. The van der Waals surface area contributed by atoms with E-state index in [-0.39, 0.29) is 0 Å². The van der Waals surface area contributed by atoms with Crippen molar-refractivity contribution in [3.05, 3.63) is 23.3 Å². The van der Waals surface area contributed by atoms with Crippen molar-refractivity contribution in [2.45, 2.75) is 32.2 Å². The van der Waals surface area contributed by atoms with Gasteiger partial charge in [0, 0.05) is 38.1 Å². The van der Waals surface area contributed by atoms with E-state index in [4.69, 9.17) is 4.98 Å². The fourth-order valence-electron chi connectivity index (χ4n) is 2.66. The van der Waals surface area contributed by atoms with Crippen LogP contribution >= 0.6 is 0 Å². The minimum atomic E-state index is 0.912. The molecule has 92 valence electrons. The second kappa shape index (κ2) is 5.10. The van der Waals surface area contributed by atoms with E-state index in [0.29, 0.717) is 0 Å². The van der Waals surface area contributed by atoms with E-state index < -0.39 is 0 Å². The first kappa shape index (κ1) is 11.1. The zero-order valence-corrected chi connectivity index (χ0v) is 10.3. The van der Waals surface area contributed by atoms with E-state index in [0.717, 1.165) is 45.0 Å². The van der Waals surface area contributed by atoms with Crippen LogP contribution in [0.4, 0.5) is 0 Å². The van der Waals surface area contributed by atoms with Gasteiger partial charge in [-0.05, 0) is 31.2 Å². The first-order valence-corrected chi connectivity index (χ1v) is 6.68. The summed E-state index contributed by atoms with van der Waals surface area (Å²) in [6.45, 7) is 5.31. The molecule has 1 saturated heterocycles. The Balaban J connectivity index is 1.70. The lowest BCUT2D eigenvalue weighted by molar-refractivity contribution is 0.227. The Morgan fingerprint density at radius 1 is 1.18 bits per heavy atom. The van der Waals surface area contributed by atoms with Crippen LogP contribution in [0, 0.1) is 0 Å². The first-order chi connectivity index (χ1) is 8.42. The summed E-state index contributed by atoms with van der Waals surface area (Å²) in [4.78, 5) is 11.7. The number of nitrogens with one attached hydrogen (secondary N) is 1. The van der Waals surface area contributed by atoms with Crippen LogP contribution in [0.3, 0.4) is 0 Å². The van der Waals surface area contributed by atoms with Gasteiger partial charge >= 0.3 is 0 Å². The van der Waals surface area contributed by atoms with Crippen molar-refractivity contribution >= 4 is 0 Å². The van der Waals surface area contributed by atoms with Crippen molar-refractivity contribution < 1.29 is 0 Å². The summed E-state index contributed by atoms with van der Waals surface area (Å²) >= 11 is 0. The topological polar surface area (TPSA) is 41.1 Å². The SMILES string of the molecule is c1nc(CN2CCNCC2)nc2c1CCCC2. The fourth-order valence-corrected chi connectivity index (χ4v) is 2.66. The van der Waals surface area contributed by atoms with Gasteiger partial charge in [0.25, 0.3) is 0 Å². The third-order valence-electron chi connectivity index (χ3n) is 3.69. The molecule has 1 aliphatic heterocycles. The average molecular weight is 232 g/mol. The number of hydrogen-bond donors (Lipinski definition) is 1. The van der Waals surface area contributed by atoms with E-state index in [2.05, 4.69) is 21.4 Å². The number of hydrogen-bond acceptors (Lipinski definition) is 4. The van der Waals surface area contributed by atoms with Crippen molar-refractivity contribution in [3.63, 3.8) is 0 Å². The van der Waals surface area contributed by atoms with Crippen LogP contribution in [0.15, 0.2) is 6.20 Å². The zero-order chi connectivity index (χ0) is 11.5. The van der Waals surface area contributed by atoms with Crippen LogP contribution < -0.4 is 5.32 Å². The molecule has 0 saturated carbocycles. The van der Waals surface area contributed by atoms with Crippen LogP contribution in [0.2, 0.25) is 0 Å². The summed E-state index contributed by atoms with van der Waals surface area (Å²) in [7, 11) is 0. The maximum atomic E-state index is 4.73. The lowest BCUT2D eigenvalue weighted by atomic mass is 9.97. The molecule has 0 unspecified atom stereocenters. The fraction of sp³-hybridized carbons (Fsp3) is 0.692.